The maximum atomic E-state index is 12.2. The summed E-state index contributed by atoms with van der Waals surface area (Å²) in [6.07, 6.45) is -2.98. The van der Waals surface area contributed by atoms with E-state index in [-0.39, 0.29) is 18.1 Å². The van der Waals surface area contributed by atoms with Crippen LogP contribution in [0.25, 0.3) is 0 Å². The summed E-state index contributed by atoms with van der Waals surface area (Å²) in [5.74, 6) is -0.792. The summed E-state index contributed by atoms with van der Waals surface area (Å²) < 4.78 is 40.3. The van der Waals surface area contributed by atoms with Gasteiger partial charge in [0, 0.05) is 5.56 Å². The van der Waals surface area contributed by atoms with Gasteiger partial charge in [0.25, 0.3) is 5.91 Å². The van der Waals surface area contributed by atoms with Gasteiger partial charge < -0.3 is 15.2 Å². The van der Waals surface area contributed by atoms with Crippen molar-refractivity contribution in [1.82, 2.24) is 5.32 Å². The van der Waals surface area contributed by atoms with E-state index in [4.69, 9.17) is 0 Å². The molecule has 0 aromatic heterocycles. The van der Waals surface area contributed by atoms with E-state index in [0.717, 1.165) is 25.0 Å². The number of hydrogen-bond acceptors (Lipinski definition) is 3. The van der Waals surface area contributed by atoms with Crippen molar-refractivity contribution in [1.29, 1.82) is 0 Å². The molecule has 0 aliphatic heterocycles. The van der Waals surface area contributed by atoms with E-state index in [1.165, 1.54) is 12.1 Å². The molecule has 7 heteroatoms. The van der Waals surface area contributed by atoms with Crippen LogP contribution < -0.4 is 10.1 Å². The Bertz CT molecular complexity index is 528. The van der Waals surface area contributed by atoms with Crippen LogP contribution in [0.15, 0.2) is 24.3 Å². The minimum absolute atomic E-state index is 0.0528. The van der Waals surface area contributed by atoms with Gasteiger partial charge in [0.1, 0.15) is 5.75 Å². The molecule has 1 aromatic carbocycles. The van der Waals surface area contributed by atoms with Crippen molar-refractivity contribution in [3.8, 4) is 5.75 Å². The van der Waals surface area contributed by atoms with Gasteiger partial charge in [-0.25, -0.2) is 0 Å². The summed E-state index contributed by atoms with van der Waals surface area (Å²) in [5.41, 5.74) is -0.699. The Morgan fingerprint density at radius 1 is 1.43 bits per heavy atom. The Balaban J connectivity index is 2.10. The molecule has 0 heterocycles. The number of carbonyl (C=O) groups is 1. The molecule has 21 heavy (non-hydrogen) atoms. The average Bonchev–Trinajstić information content (AvgIpc) is 3.21. The van der Waals surface area contributed by atoms with Crippen LogP contribution in [-0.4, -0.2) is 29.5 Å². The molecule has 1 saturated carbocycles. The summed E-state index contributed by atoms with van der Waals surface area (Å²) >= 11 is 0. The van der Waals surface area contributed by atoms with E-state index in [1.54, 1.807) is 6.92 Å². The fourth-order valence-electron chi connectivity index (χ4n) is 2.16. The third kappa shape index (κ3) is 4.10. The zero-order valence-corrected chi connectivity index (χ0v) is 11.4. The number of aliphatic hydroxyl groups is 1. The standard InChI is InChI=1S/C14H16F3NO3/c1-13(8-19,10-5-6-10)18-12(20)9-3-2-4-11(7-9)21-14(15,16)17/h2-4,7,10,19H,5-6,8H2,1H3,(H,18,20). The summed E-state index contributed by atoms with van der Waals surface area (Å²) in [6.45, 7) is 1.50. The van der Waals surface area contributed by atoms with Gasteiger partial charge in [-0.15, -0.1) is 13.2 Å². The van der Waals surface area contributed by atoms with Crippen molar-refractivity contribution in [3.63, 3.8) is 0 Å². The van der Waals surface area contributed by atoms with Crippen molar-refractivity contribution in [3.05, 3.63) is 29.8 Å². The molecule has 1 aromatic rings. The highest BCUT2D eigenvalue weighted by Gasteiger charge is 2.42. The third-order valence-electron chi connectivity index (χ3n) is 3.54. The maximum absolute atomic E-state index is 12.2. The number of halogens is 3. The van der Waals surface area contributed by atoms with Crippen molar-refractivity contribution in [2.24, 2.45) is 5.92 Å². The lowest BCUT2D eigenvalue weighted by Gasteiger charge is -2.28. The van der Waals surface area contributed by atoms with Gasteiger partial charge in [0.05, 0.1) is 12.1 Å². The molecule has 0 saturated heterocycles. The van der Waals surface area contributed by atoms with Crippen molar-refractivity contribution < 1.29 is 27.8 Å². The molecule has 0 spiro atoms. The predicted molar refractivity (Wildman–Crippen MR) is 68.8 cm³/mol. The topological polar surface area (TPSA) is 58.6 Å². The van der Waals surface area contributed by atoms with E-state index in [2.05, 4.69) is 10.1 Å². The van der Waals surface area contributed by atoms with Gasteiger partial charge in [0.2, 0.25) is 0 Å². The predicted octanol–water partition coefficient (Wildman–Crippen LogP) is 2.48. The highest BCUT2D eigenvalue weighted by atomic mass is 19.4. The van der Waals surface area contributed by atoms with Crippen LogP contribution in [0.4, 0.5) is 13.2 Å². The maximum Gasteiger partial charge on any atom is 0.573 e. The van der Waals surface area contributed by atoms with Crippen LogP contribution in [0.3, 0.4) is 0 Å². The number of rotatable bonds is 5. The second-order valence-corrected chi connectivity index (χ2v) is 5.38. The minimum Gasteiger partial charge on any atom is -0.406 e. The summed E-state index contributed by atoms with van der Waals surface area (Å²) in [6, 6.07) is 4.84. The van der Waals surface area contributed by atoms with Crippen LogP contribution in [-0.2, 0) is 0 Å². The molecule has 4 nitrogen and oxygen atoms in total. The summed E-state index contributed by atoms with van der Waals surface area (Å²) in [4.78, 5) is 12.1. The quantitative estimate of drug-likeness (QED) is 0.878. The van der Waals surface area contributed by atoms with Gasteiger partial charge >= 0.3 is 6.36 Å². The number of alkyl halides is 3. The molecule has 2 N–H and O–H groups in total. The zero-order chi connectivity index (χ0) is 15.7. The number of carbonyl (C=O) groups excluding carboxylic acids is 1. The minimum atomic E-state index is -4.80. The lowest BCUT2D eigenvalue weighted by atomic mass is 9.96. The van der Waals surface area contributed by atoms with Crippen molar-refractivity contribution in [2.45, 2.75) is 31.7 Å². The smallest absolute Gasteiger partial charge is 0.406 e. The number of nitrogens with one attached hydrogen (secondary N) is 1. The second-order valence-electron chi connectivity index (χ2n) is 5.38. The van der Waals surface area contributed by atoms with E-state index in [9.17, 15) is 23.1 Å². The molecule has 1 unspecified atom stereocenters. The van der Waals surface area contributed by atoms with Gasteiger partial charge in [0.15, 0.2) is 0 Å². The van der Waals surface area contributed by atoms with E-state index in [1.807, 2.05) is 0 Å². The molecule has 1 aliphatic rings. The van der Waals surface area contributed by atoms with Gasteiger partial charge in [-0.2, -0.15) is 0 Å². The van der Waals surface area contributed by atoms with Crippen LogP contribution in [0.1, 0.15) is 30.1 Å². The molecular formula is C14H16F3NO3. The number of hydrogen-bond donors (Lipinski definition) is 2. The lowest BCUT2D eigenvalue weighted by molar-refractivity contribution is -0.274. The van der Waals surface area contributed by atoms with Crippen LogP contribution in [0.5, 0.6) is 5.75 Å². The lowest BCUT2D eigenvalue weighted by Crippen LogP contribution is -2.50. The van der Waals surface area contributed by atoms with Gasteiger partial charge in [-0.05, 0) is 43.9 Å². The van der Waals surface area contributed by atoms with E-state index >= 15 is 0 Å². The number of ether oxygens (including phenoxy) is 1. The average molecular weight is 303 g/mol. The Morgan fingerprint density at radius 3 is 2.62 bits per heavy atom. The fourth-order valence-corrected chi connectivity index (χ4v) is 2.16. The normalized spacial score (nSPS) is 18.0. The number of aliphatic hydroxyl groups excluding tert-OH is 1. The van der Waals surface area contributed by atoms with Gasteiger partial charge in [-0.1, -0.05) is 6.07 Å². The molecular weight excluding hydrogens is 287 g/mol. The Labute approximate surface area is 119 Å². The van der Waals surface area contributed by atoms with Crippen LogP contribution in [0.2, 0.25) is 0 Å². The zero-order valence-electron chi connectivity index (χ0n) is 11.4. The first-order valence-corrected chi connectivity index (χ1v) is 6.53. The Hall–Kier alpha value is -1.76. The first-order valence-electron chi connectivity index (χ1n) is 6.53. The SMILES string of the molecule is CC(CO)(NC(=O)c1cccc(OC(F)(F)F)c1)C1CC1. The Kier molecular flexibility index (Phi) is 4.13. The fraction of sp³-hybridized carbons (Fsp3) is 0.500. The van der Waals surface area contributed by atoms with Gasteiger partial charge in [-0.3, -0.25) is 4.79 Å². The largest absolute Gasteiger partial charge is 0.573 e. The first kappa shape index (κ1) is 15.6. The highest BCUT2D eigenvalue weighted by molar-refractivity contribution is 5.95. The van der Waals surface area contributed by atoms with Crippen LogP contribution >= 0.6 is 0 Å². The van der Waals surface area contributed by atoms with Crippen molar-refractivity contribution >= 4 is 5.91 Å². The first-order chi connectivity index (χ1) is 9.73. The monoisotopic (exact) mass is 303 g/mol. The highest BCUT2D eigenvalue weighted by Crippen LogP contribution is 2.39. The number of benzene rings is 1. The third-order valence-corrected chi connectivity index (χ3v) is 3.54. The van der Waals surface area contributed by atoms with Crippen molar-refractivity contribution in [2.75, 3.05) is 6.61 Å². The molecule has 1 amide bonds. The molecule has 116 valence electrons. The summed E-state index contributed by atoms with van der Waals surface area (Å²) in [5, 5.41) is 12.1. The number of amides is 1. The van der Waals surface area contributed by atoms with Crippen LogP contribution in [0, 0.1) is 5.92 Å². The summed E-state index contributed by atoms with van der Waals surface area (Å²) in [7, 11) is 0. The molecule has 1 aliphatic carbocycles. The second kappa shape index (κ2) is 5.55. The molecule has 1 atom stereocenters. The molecule has 2 rings (SSSR count). The van der Waals surface area contributed by atoms with E-state index < -0.39 is 23.6 Å². The molecule has 0 bridgehead atoms. The van der Waals surface area contributed by atoms with E-state index in [0.29, 0.717) is 0 Å². The molecule has 0 radical (unpaired) electrons. The Morgan fingerprint density at radius 2 is 2.10 bits per heavy atom. The molecule has 1 fully saturated rings.